The third kappa shape index (κ3) is 4.41. The number of hydrogen-bond acceptors (Lipinski definition) is 4. The zero-order valence-electron chi connectivity index (χ0n) is 18.1. The Kier molecular flexibility index (Phi) is 6.48. The van der Waals surface area contributed by atoms with E-state index in [0.29, 0.717) is 18.4 Å². The van der Waals surface area contributed by atoms with Crippen LogP contribution in [-0.4, -0.2) is 40.7 Å². The summed E-state index contributed by atoms with van der Waals surface area (Å²) in [4.78, 5) is 20.5. The fraction of sp³-hybridized carbons (Fsp3) is 0.440. The lowest BCUT2D eigenvalue weighted by atomic mass is 10.1. The van der Waals surface area contributed by atoms with Gasteiger partial charge in [-0.15, -0.1) is 0 Å². The van der Waals surface area contributed by atoms with Crippen molar-refractivity contribution in [1.82, 2.24) is 14.5 Å². The molecule has 2 aromatic carbocycles. The van der Waals surface area contributed by atoms with Crippen LogP contribution < -0.4 is 10.3 Å². The van der Waals surface area contributed by atoms with Crippen molar-refractivity contribution in [2.45, 2.75) is 46.0 Å². The lowest BCUT2D eigenvalue weighted by molar-refractivity contribution is 0.205. The van der Waals surface area contributed by atoms with Gasteiger partial charge in [-0.3, -0.25) is 9.36 Å². The Morgan fingerprint density at radius 1 is 1.03 bits per heavy atom. The number of ether oxygens (including phenoxy) is 1. The lowest BCUT2D eigenvalue weighted by Crippen LogP contribution is -2.31. The number of hydrogen-bond donors (Lipinski definition) is 0. The molecule has 1 aliphatic heterocycles. The summed E-state index contributed by atoms with van der Waals surface area (Å²) < 4.78 is 7.67. The summed E-state index contributed by atoms with van der Waals surface area (Å²) in [5.74, 6) is 1.61. The first-order chi connectivity index (χ1) is 14.7. The van der Waals surface area contributed by atoms with Gasteiger partial charge < -0.3 is 9.64 Å². The standard InChI is InChI=1S/C25H31N3O2/c1-3-23-26-22-10-7-9-19(2)24(22)25(29)28(23)20-11-13-21(14-12-20)30-18-8-17-27-15-5-4-6-16-27/h7,9-14H,3-6,8,15-18H2,1-2H3. The van der Waals surface area contributed by atoms with Crippen LogP contribution in [0.1, 0.15) is 44.0 Å². The van der Waals surface area contributed by atoms with E-state index < -0.39 is 0 Å². The first-order valence-electron chi connectivity index (χ1n) is 11.1. The fourth-order valence-electron chi connectivity index (χ4n) is 4.30. The van der Waals surface area contributed by atoms with Gasteiger partial charge in [0.2, 0.25) is 0 Å². The number of aryl methyl sites for hydroxylation is 2. The summed E-state index contributed by atoms with van der Waals surface area (Å²) in [5.41, 5.74) is 2.54. The molecule has 0 unspecified atom stereocenters. The number of benzene rings is 2. The Morgan fingerprint density at radius 2 is 1.80 bits per heavy atom. The minimum atomic E-state index is -0.00912. The quantitative estimate of drug-likeness (QED) is 0.543. The predicted octanol–water partition coefficient (Wildman–Crippen LogP) is 4.51. The van der Waals surface area contributed by atoms with E-state index in [2.05, 4.69) is 4.90 Å². The van der Waals surface area contributed by atoms with Crippen LogP contribution in [0.4, 0.5) is 0 Å². The van der Waals surface area contributed by atoms with Crippen LogP contribution in [0.3, 0.4) is 0 Å². The summed E-state index contributed by atoms with van der Waals surface area (Å²) in [7, 11) is 0. The van der Waals surface area contributed by atoms with Gasteiger partial charge in [0.05, 0.1) is 23.2 Å². The molecule has 0 spiro atoms. The lowest BCUT2D eigenvalue weighted by Gasteiger charge is -2.26. The molecule has 1 aliphatic rings. The molecule has 0 amide bonds. The van der Waals surface area contributed by atoms with Gasteiger partial charge in [0, 0.05) is 13.0 Å². The van der Waals surface area contributed by atoms with Crippen molar-refractivity contribution < 1.29 is 4.74 Å². The van der Waals surface area contributed by atoms with E-state index in [1.54, 1.807) is 4.57 Å². The van der Waals surface area contributed by atoms with E-state index >= 15 is 0 Å². The average molecular weight is 406 g/mol. The average Bonchev–Trinajstić information content (AvgIpc) is 2.78. The van der Waals surface area contributed by atoms with Crippen molar-refractivity contribution in [1.29, 1.82) is 0 Å². The molecule has 158 valence electrons. The minimum absolute atomic E-state index is 0.00912. The van der Waals surface area contributed by atoms with E-state index in [1.165, 1.54) is 32.4 Å². The van der Waals surface area contributed by atoms with Crippen molar-refractivity contribution in [3.63, 3.8) is 0 Å². The Balaban J connectivity index is 1.48. The maximum Gasteiger partial charge on any atom is 0.266 e. The molecule has 5 nitrogen and oxygen atoms in total. The number of aromatic nitrogens is 2. The van der Waals surface area contributed by atoms with Crippen molar-refractivity contribution in [3.8, 4) is 11.4 Å². The number of fused-ring (bicyclic) bond motifs is 1. The highest BCUT2D eigenvalue weighted by Crippen LogP contribution is 2.19. The minimum Gasteiger partial charge on any atom is -0.494 e. The molecule has 1 saturated heterocycles. The second kappa shape index (κ2) is 9.43. The normalized spacial score (nSPS) is 14.9. The molecular formula is C25H31N3O2. The molecular weight excluding hydrogens is 374 g/mol. The highest BCUT2D eigenvalue weighted by atomic mass is 16.5. The van der Waals surface area contributed by atoms with Crippen LogP contribution in [0.2, 0.25) is 0 Å². The molecule has 0 aliphatic carbocycles. The zero-order valence-corrected chi connectivity index (χ0v) is 18.1. The van der Waals surface area contributed by atoms with Gasteiger partial charge in [-0.2, -0.15) is 0 Å². The summed E-state index contributed by atoms with van der Waals surface area (Å²) in [6, 6.07) is 13.6. The second-order valence-electron chi connectivity index (χ2n) is 8.09. The van der Waals surface area contributed by atoms with E-state index in [4.69, 9.17) is 9.72 Å². The third-order valence-corrected chi connectivity index (χ3v) is 5.92. The molecule has 1 aromatic heterocycles. The summed E-state index contributed by atoms with van der Waals surface area (Å²) >= 11 is 0. The molecule has 4 rings (SSSR count). The van der Waals surface area contributed by atoms with Gasteiger partial charge in [-0.1, -0.05) is 25.5 Å². The van der Waals surface area contributed by atoms with Crippen LogP contribution >= 0.6 is 0 Å². The van der Waals surface area contributed by atoms with E-state index in [0.717, 1.165) is 41.3 Å². The number of likely N-dealkylation sites (tertiary alicyclic amines) is 1. The Bertz CT molecular complexity index is 1050. The number of piperidine rings is 1. The molecule has 30 heavy (non-hydrogen) atoms. The van der Waals surface area contributed by atoms with Crippen molar-refractivity contribution in [2.24, 2.45) is 0 Å². The molecule has 3 aromatic rings. The molecule has 5 heteroatoms. The molecule has 1 fully saturated rings. The Morgan fingerprint density at radius 3 is 2.53 bits per heavy atom. The SMILES string of the molecule is CCc1nc2cccc(C)c2c(=O)n1-c1ccc(OCCCN2CCCCC2)cc1. The summed E-state index contributed by atoms with van der Waals surface area (Å²) in [5, 5.41) is 0.688. The summed E-state index contributed by atoms with van der Waals surface area (Å²) in [6.07, 6.45) is 5.74. The van der Waals surface area contributed by atoms with E-state index in [-0.39, 0.29) is 5.56 Å². The maximum atomic E-state index is 13.3. The Labute approximate surface area is 178 Å². The summed E-state index contributed by atoms with van der Waals surface area (Å²) in [6.45, 7) is 8.26. The monoisotopic (exact) mass is 405 g/mol. The smallest absolute Gasteiger partial charge is 0.266 e. The first kappa shape index (κ1) is 20.6. The zero-order chi connectivity index (χ0) is 20.9. The number of nitrogens with zero attached hydrogens (tertiary/aromatic N) is 3. The van der Waals surface area contributed by atoms with Gasteiger partial charge >= 0.3 is 0 Å². The fourth-order valence-corrected chi connectivity index (χ4v) is 4.30. The first-order valence-corrected chi connectivity index (χ1v) is 11.1. The van der Waals surface area contributed by atoms with Gasteiger partial charge in [-0.25, -0.2) is 4.98 Å². The second-order valence-corrected chi connectivity index (χ2v) is 8.09. The van der Waals surface area contributed by atoms with Crippen molar-refractivity contribution >= 4 is 10.9 Å². The molecule has 0 N–H and O–H groups in total. The van der Waals surface area contributed by atoms with Crippen LogP contribution in [-0.2, 0) is 6.42 Å². The highest BCUT2D eigenvalue weighted by molar-refractivity contribution is 5.81. The van der Waals surface area contributed by atoms with Gasteiger partial charge in [0.1, 0.15) is 11.6 Å². The molecule has 2 heterocycles. The third-order valence-electron chi connectivity index (χ3n) is 5.92. The van der Waals surface area contributed by atoms with E-state index in [1.807, 2.05) is 56.3 Å². The molecule has 0 saturated carbocycles. The van der Waals surface area contributed by atoms with E-state index in [9.17, 15) is 4.79 Å². The molecule has 0 radical (unpaired) electrons. The van der Waals surface area contributed by atoms with Gasteiger partial charge in [0.25, 0.3) is 5.56 Å². The largest absolute Gasteiger partial charge is 0.494 e. The van der Waals surface area contributed by atoms with Crippen LogP contribution in [0.15, 0.2) is 47.3 Å². The van der Waals surface area contributed by atoms with Crippen molar-refractivity contribution in [3.05, 3.63) is 64.2 Å². The van der Waals surface area contributed by atoms with Crippen LogP contribution in [0.25, 0.3) is 16.6 Å². The van der Waals surface area contributed by atoms with Gasteiger partial charge in [0.15, 0.2) is 0 Å². The predicted molar refractivity (Wildman–Crippen MR) is 122 cm³/mol. The molecule has 0 bridgehead atoms. The van der Waals surface area contributed by atoms with Crippen LogP contribution in [0, 0.1) is 6.92 Å². The maximum absolute atomic E-state index is 13.3. The van der Waals surface area contributed by atoms with Crippen molar-refractivity contribution in [2.75, 3.05) is 26.2 Å². The Hall–Kier alpha value is -2.66. The van der Waals surface area contributed by atoms with Gasteiger partial charge in [-0.05, 0) is 75.2 Å². The molecule has 0 atom stereocenters. The topological polar surface area (TPSA) is 47.4 Å². The number of rotatable bonds is 7. The van der Waals surface area contributed by atoms with Crippen LogP contribution in [0.5, 0.6) is 5.75 Å². The highest BCUT2D eigenvalue weighted by Gasteiger charge is 2.13.